The van der Waals surface area contributed by atoms with Crippen LogP contribution in [-0.4, -0.2) is 39.6 Å². The molecule has 0 saturated carbocycles. The Bertz CT molecular complexity index is 560. The predicted octanol–water partition coefficient (Wildman–Crippen LogP) is 1.74. The van der Waals surface area contributed by atoms with E-state index in [2.05, 4.69) is 0 Å². The average Bonchev–Trinajstić information content (AvgIpc) is 2.36. The quantitative estimate of drug-likeness (QED) is 0.828. The van der Waals surface area contributed by atoms with Crippen LogP contribution in [-0.2, 0) is 4.79 Å². The van der Waals surface area contributed by atoms with E-state index in [1.807, 2.05) is 0 Å². The smallest absolute Gasteiger partial charge is 0.323 e. The minimum Gasteiger partial charge on any atom is -0.503 e. The number of nitrogens with zero attached hydrogens (tertiary/aromatic N) is 1. The topological polar surface area (TPSA) is 77.8 Å². The van der Waals surface area contributed by atoms with Gasteiger partial charge in [-0.15, -0.1) is 0 Å². The third-order valence-electron chi connectivity index (χ3n) is 2.55. The largest absolute Gasteiger partial charge is 0.503 e. The zero-order valence-corrected chi connectivity index (χ0v) is 10.7. The van der Waals surface area contributed by atoms with E-state index in [4.69, 9.17) is 10.2 Å². The fourth-order valence-electron chi connectivity index (χ4n) is 1.54. The molecule has 20 heavy (non-hydrogen) atoms. The maximum absolute atomic E-state index is 13.6. The first kappa shape index (κ1) is 15.8. The van der Waals surface area contributed by atoms with E-state index >= 15 is 0 Å². The van der Waals surface area contributed by atoms with E-state index in [0.29, 0.717) is 0 Å². The van der Waals surface area contributed by atoms with Gasteiger partial charge in [0.15, 0.2) is 17.4 Å². The maximum atomic E-state index is 13.6. The number of carbonyl (C=O) groups is 2. The van der Waals surface area contributed by atoms with Gasteiger partial charge in [-0.2, -0.15) is 4.39 Å². The molecule has 8 heteroatoms. The van der Waals surface area contributed by atoms with Gasteiger partial charge in [-0.25, -0.2) is 8.78 Å². The molecule has 0 spiro atoms. The summed E-state index contributed by atoms with van der Waals surface area (Å²) >= 11 is 0. The minimum absolute atomic E-state index is 0.282. The monoisotopic (exact) mass is 291 g/mol. The lowest BCUT2D eigenvalue weighted by Crippen LogP contribution is -2.41. The Kier molecular flexibility index (Phi) is 4.59. The molecule has 2 N–H and O–H groups in total. The molecule has 110 valence electrons. The molecule has 5 nitrogen and oxygen atoms in total. The lowest BCUT2D eigenvalue weighted by atomic mass is 10.1. The van der Waals surface area contributed by atoms with Crippen molar-refractivity contribution < 1.29 is 33.0 Å². The van der Waals surface area contributed by atoms with Crippen molar-refractivity contribution in [3.05, 3.63) is 29.1 Å². The molecule has 0 heterocycles. The standard InChI is InChI=1S/C12H12F3NO4/c1-5(2)16(4-8(17)18)12(20)6-3-7(13)10(15)11(19)9(6)14/h3,5,19H,4H2,1-2H3,(H,17,18). The molecule has 0 aliphatic carbocycles. The molecular formula is C12H12F3NO4. The number of aromatic hydroxyl groups is 1. The zero-order valence-electron chi connectivity index (χ0n) is 10.7. The molecule has 0 aliphatic heterocycles. The van der Waals surface area contributed by atoms with Gasteiger partial charge >= 0.3 is 5.97 Å². The van der Waals surface area contributed by atoms with Gasteiger partial charge in [0.05, 0.1) is 5.56 Å². The van der Waals surface area contributed by atoms with Crippen molar-refractivity contribution in [3.63, 3.8) is 0 Å². The molecule has 0 aromatic heterocycles. The van der Waals surface area contributed by atoms with E-state index < -0.39 is 53.2 Å². The first-order chi connectivity index (χ1) is 9.16. The van der Waals surface area contributed by atoms with E-state index in [9.17, 15) is 22.8 Å². The van der Waals surface area contributed by atoms with E-state index in [1.165, 1.54) is 13.8 Å². The number of aliphatic carboxylic acids is 1. The van der Waals surface area contributed by atoms with Crippen LogP contribution in [0.25, 0.3) is 0 Å². The predicted molar refractivity (Wildman–Crippen MR) is 61.8 cm³/mol. The molecule has 1 amide bonds. The summed E-state index contributed by atoms with van der Waals surface area (Å²) in [5, 5.41) is 17.7. The summed E-state index contributed by atoms with van der Waals surface area (Å²) in [6, 6.07) is -0.336. The van der Waals surface area contributed by atoms with Crippen LogP contribution in [0.15, 0.2) is 6.07 Å². The fraction of sp³-hybridized carbons (Fsp3) is 0.333. The fourth-order valence-corrected chi connectivity index (χ4v) is 1.54. The molecule has 0 aliphatic rings. The first-order valence-electron chi connectivity index (χ1n) is 5.56. The molecule has 0 atom stereocenters. The highest BCUT2D eigenvalue weighted by molar-refractivity contribution is 5.96. The lowest BCUT2D eigenvalue weighted by molar-refractivity contribution is -0.138. The average molecular weight is 291 g/mol. The van der Waals surface area contributed by atoms with Gasteiger partial charge in [0.25, 0.3) is 5.91 Å². The van der Waals surface area contributed by atoms with Gasteiger partial charge in [-0.05, 0) is 19.9 Å². The Labute approximate surface area is 112 Å². The third-order valence-corrected chi connectivity index (χ3v) is 2.55. The summed E-state index contributed by atoms with van der Waals surface area (Å²) in [6.07, 6.45) is 0. The van der Waals surface area contributed by atoms with Crippen molar-refractivity contribution in [3.8, 4) is 5.75 Å². The summed E-state index contributed by atoms with van der Waals surface area (Å²) in [6.45, 7) is 2.20. The van der Waals surface area contributed by atoms with Crippen molar-refractivity contribution in [1.82, 2.24) is 4.90 Å². The summed E-state index contributed by atoms with van der Waals surface area (Å²) in [5.41, 5.74) is -0.934. The number of carboxylic acids is 1. The summed E-state index contributed by atoms with van der Waals surface area (Å²) in [4.78, 5) is 23.4. The van der Waals surface area contributed by atoms with Crippen LogP contribution in [0, 0.1) is 17.5 Å². The number of halogens is 3. The highest BCUT2D eigenvalue weighted by atomic mass is 19.2. The molecule has 0 unspecified atom stereocenters. The second-order valence-electron chi connectivity index (χ2n) is 4.30. The number of rotatable bonds is 4. The number of hydrogen-bond acceptors (Lipinski definition) is 3. The highest BCUT2D eigenvalue weighted by Gasteiger charge is 2.28. The van der Waals surface area contributed by atoms with Gasteiger partial charge in [0, 0.05) is 6.04 Å². The maximum Gasteiger partial charge on any atom is 0.323 e. The lowest BCUT2D eigenvalue weighted by Gasteiger charge is -2.25. The number of hydrogen-bond donors (Lipinski definition) is 2. The summed E-state index contributed by atoms with van der Waals surface area (Å²) in [7, 11) is 0. The van der Waals surface area contributed by atoms with Crippen molar-refractivity contribution in [2.24, 2.45) is 0 Å². The highest BCUT2D eigenvalue weighted by Crippen LogP contribution is 2.27. The van der Waals surface area contributed by atoms with Gasteiger partial charge in [-0.1, -0.05) is 0 Å². The van der Waals surface area contributed by atoms with Gasteiger partial charge in [0.1, 0.15) is 6.54 Å². The number of amides is 1. The SMILES string of the molecule is CC(C)N(CC(=O)O)C(=O)c1cc(F)c(F)c(O)c1F. The Morgan fingerprint density at radius 2 is 1.80 bits per heavy atom. The Morgan fingerprint density at radius 3 is 2.25 bits per heavy atom. The molecule has 1 rings (SSSR count). The second kappa shape index (κ2) is 5.81. The van der Waals surface area contributed by atoms with Crippen LogP contribution >= 0.6 is 0 Å². The van der Waals surface area contributed by atoms with Crippen LogP contribution in [0.3, 0.4) is 0 Å². The Hall–Kier alpha value is -2.25. The Morgan fingerprint density at radius 1 is 1.25 bits per heavy atom. The normalized spacial score (nSPS) is 10.7. The van der Waals surface area contributed by atoms with Gasteiger partial charge in [0.2, 0.25) is 5.82 Å². The van der Waals surface area contributed by atoms with Crippen LogP contribution < -0.4 is 0 Å². The van der Waals surface area contributed by atoms with E-state index in [1.54, 1.807) is 0 Å². The van der Waals surface area contributed by atoms with Crippen molar-refractivity contribution in [1.29, 1.82) is 0 Å². The molecular weight excluding hydrogens is 279 g/mol. The number of benzene rings is 1. The summed E-state index contributed by atoms with van der Waals surface area (Å²) in [5.74, 6) is -9.18. The summed E-state index contributed by atoms with van der Waals surface area (Å²) < 4.78 is 39.6. The van der Waals surface area contributed by atoms with E-state index in [-0.39, 0.29) is 6.07 Å². The minimum atomic E-state index is -1.81. The van der Waals surface area contributed by atoms with Gasteiger partial charge in [-0.3, -0.25) is 9.59 Å². The van der Waals surface area contributed by atoms with Crippen LogP contribution in [0.4, 0.5) is 13.2 Å². The third kappa shape index (κ3) is 3.01. The van der Waals surface area contributed by atoms with Crippen LogP contribution in [0.2, 0.25) is 0 Å². The van der Waals surface area contributed by atoms with Gasteiger partial charge < -0.3 is 15.1 Å². The molecule has 0 fully saturated rings. The molecule has 1 aromatic rings. The molecule has 0 saturated heterocycles. The molecule has 0 radical (unpaired) electrons. The number of carbonyl (C=O) groups excluding carboxylic acids is 1. The number of phenolic OH excluding ortho intramolecular Hbond substituents is 1. The first-order valence-corrected chi connectivity index (χ1v) is 5.56. The van der Waals surface area contributed by atoms with E-state index in [0.717, 1.165) is 4.90 Å². The molecule has 1 aromatic carbocycles. The van der Waals surface area contributed by atoms with Crippen LogP contribution in [0.1, 0.15) is 24.2 Å². The van der Waals surface area contributed by atoms with Crippen LogP contribution in [0.5, 0.6) is 5.75 Å². The number of phenols is 1. The zero-order chi connectivity index (χ0) is 15.6. The second-order valence-corrected chi connectivity index (χ2v) is 4.30. The Balaban J connectivity index is 3.29. The molecule has 0 bridgehead atoms. The van der Waals surface area contributed by atoms with Crippen molar-refractivity contribution in [2.75, 3.05) is 6.54 Å². The van der Waals surface area contributed by atoms with Crippen molar-refractivity contribution >= 4 is 11.9 Å². The van der Waals surface area contributed by atoms with Crippen molar-refractivity contribution in [2.45, 2.75) is 19.9 Å². The number of carboxylic acid groups (broad SMARTS) is 1.